The fourth-order valence-electron chi connectivity index (χ4n) is 5.96. The molecule has 0 aromatic rings. The molecule has 0 fully saturated rings. The van der Waals surface area contributed by atoms with Crippen LogP contribution in [0, 0.1) is 0 Å². The lowest BCUT2D eigenvalue weighted by Crippen LogP contribution is -2.55. The molecule has 0 aliphatic rings. The van der Waals surface area contributed by atoms with Crippen LogP contribution in [0.2, 0.25) is 0 Å². The first-order chi connectivity index (χ1) is 28.1. The number of allylic oxidation sites excluding steroid dienone is 14. The topological polar surface area (TPSA) is 102 Å². The van der Waals surface area contributed by atoms with E-state index in [2.05, 4.69) is 98.9 Å². The summed E-state index contributed by atoms with van der Waals surface area (Å²) in [7, 11) is 5.36. The van der Waals surface area contributed by atoms with Crippen molar-refractivity contribution in [3.8, 4) is 0 Å². The van der Waals surface area contributed by atoms with Gasteiger partial charge in [-0.25, -0.2) is 0 Å². The predicted octanol–water partition coefficient (Wildman–Crippen LogP) is 11.2. The van der Waals surface area contributed by atoms with Crippen LogP contribution >= 0.6 is 0 Å². The number of likely N-dealkylation sites (N-methyl/N-ethyl adjacent to an activating group) is 1. The number of carboxylic acid groups (broad SMARTS) is 1. The molecule has 0 aliphatic carbocycles. The number of hydrogen-bond donors (Lipinski definition) is 0. The Kier molecular flexibility index (Phi) is 37.9. The largest absolute Gasteiger partial charge is 0.544 e. The molecule has 0 bridgehead atoms. The number of hydrogen-bond acceptors (Lipinski definition) is 7. The van der Waals surface area contributed by atoms with Gasteiger partial charge in [0.15, 0.2) is 6.10 Å². The molecule has 0 rings (SSSR count). The normalized spacial score (nSPS) is 13.7. The van der Waals surface area contributed by atoms with Crippen molar-refractivity contribution in [2.24, 2.45) is 0 Å². The van der Waals surface area contributed by atoms with E-state index in [1.54, 1.807) is 21.1 Å². The molecule has 0 amide bonds. The smallest absolute Gasteiger partial charge is 0.306 e. The van der Waals surface area contributed by atoms with Crippen LogP contribution in [0.25, 0.3) is 0 Å². The molecule has 8 heteroatoms. The molecule has 330 valence electrons. The Bertz CT molecular complexity index is 1220. The number of carbonyl (C=O) groups excluding carboxylic acids is 3. The summed E-state index contributed by atoms with van der Waals surface area (Å²) in [5.41, 5.74) is 0. The van der Waals surface area contributed by atoms with Crippen LogP contribution in [-0.4, -0.2) is 75.5 Å². The molecule has 2 atom stereocenters. The molecule has 0 spiro atoms. The van der Waals surface area contributed by atoms with Gasteiger partial charge in [0.25, 0.3) is 0 Å². The summed E-state index contributed by atoms with van der Waals surface area (Å²) in [6, 6.07) is -0.747. The third kappa shape index (κ3) is 38.1. The van der Waals surface area contributed by atoms with Gasteiger partial charge in [-0.15, -0.1) is 0 Å². The molecule has 0 aromatic heterocycles. The summed E-state index contributed by atoms with van der Waals surface area (Å²) in [5, 5.41) is 11.6. The van der Waals surface area contributed by atoms with Crippen molar-refractivity contribution in [2.75, 3.05) is 41.0 Å². The zero-order valence-electron chi connectivity index (χ0n) is 37.4. The van der Waals surface area contributed by atoms with Gasteiger partial charge in [0.2, 0.25) is 0 Å². The number of aliphatic carboxylic acids is 1. The third-order valence-corrected chi connectivity index (χ3v) is 9.50. The van der Waals surface area contributed by atoms with Crippen molar-refractivity contribution in [3.63, 3.8) is 0 Å². The first-order valence-corrected chi connectivity index (χ1v) is 22.6. The molecule has 58 heavy (non-hydrogen) atoms. The summed E-state index contributed by atoms with van der Waals surface area (Å²) in [5.74, 6) is -1.89. The van der Waals surface area contributed by atoms with E-state index >= 15 is 0 Å². The summed E-state index contributed by atoms with van der Waals surface area (Å²) >= 11 is 0. The van der Waals surface area contributed by atoms with Gasteiger partial charge in [-0.05, 0) is 83.5 Å². The fraction of sp³-hybridized carbons (Fsp3) is 0.660. The van der Waals surface area contributed by atoms with Gasteiger partial charge in [-0.1, -0.05) is 144 Å². The number of carbonyl (C=O) groups is 3. The summed E-state index contributed by atoms with van der Waals surface area (Å²) in [4.78, 5) is 36.8. The molecule has 0 saturated heterocycles. The maximum atomic E-state index is 12.7. The van der Waals surface area contributed by atoms with Gasteiger partial charge < -0.3 is 28.6 Å². The molecule has 0 N–H and O–H groups in total. The lowest BCUT2D eigenvalue weighted by molar-refractivity contribution is -0.889. The summed E-state index contributed by atoms with van der Waals surface area (Å²) in [6.45, 7) is 4.50. The highest BCUT2D eigenvalue weighted by Gasteiger charge is 2.25. The second-order valence-corrected chi connectivity index (χ2v) is 15.9. The number of esters is 2. The average Bonchev–Trinajstić information content (AvgIpc) is 3.18. The highest BCUT2D eigenvalue weighted by atomic mass is 16.6. The number of carboxylic acids is 1. The predicted molar refractivity (Wildman–Crippen MR) is 240 cm³/mol. The van der Waals surface area contributed by atoms with Crippen LogP contribution in [0.15, 0.2) is 85.1 Å². The zero-order valence-corrected chi connectivity index (χ0v) is 37.4. The van der Waals surface area contributed by atoms with Crippen molar-refractivity contribution in [2.45, 2.75) is 174 Å². The molecule has 0 saturated carbocycles. The number of ether oxygens (including phenoxy) is 3. The lowest BCUT2D eigenvalue weighted by Gasteiger charge is -2.34. The van der Waals surface area contributed by atoms with Crippen molar-refractivity contribution < 1.29 is 38.2 Å². The number of rotatable bonds is 39. The quantitative estimate of drug-likeness (QED) is 0.0264. The van der Waals surface area contributed by atoms with E-state index in [0.29, 0.717) is 12.8 Å². The van der Waals surface area contributed by atoms with E-state index in [4.69, 9.17) is 14.2 Å². The van der Waals surface area contributed by atoms with Crippen LogP contribution < -0.4 is 5.11 Å². The number of quaternary nitrogens is 1. The van der Waals surface area contributed by atoms with Crippen LogP contribution in [0.1, 0.15) is 162 Å². The fourth-order valence-corrected chi connectivity index (χ4v) is 5.96. The summed E-state index contributed by atoms with van der Waals surface area (Å²) in [6.07, 6.45) is 51.9. The Morgan fingerprint density at radius 1 is 0.517 bits per heavy atom. The Balaban J connectivity index is 4.53. The van der Waals surface area contributed by atoms with Crippen LogP contribution in [0.5, 0.6) is 0 Å². The highest BCUT2D eigenvalue weighted by molar-refractivity contribution is 5.70. The standard InChI is InChI=1S/C50H83NO7/c1-6-8-10-12-14-16-18-20-22-24-26-28-30-32-34-36-38-40-48(52)57-45-46(44-56-43-42-47(50(54)55)51(3,4)5)58-49(53)41-39-37-35-33-31-29-27-25-23-21-19-17-15-13-11-9-7-2/h15,17,20-23,26-29,32-35,46-47H,6-14,16,18-19,24-25,30-31,36-45H2,1-5H3/b17-15+,22-20+,23-21+,28-26+,29-27+,34-32+,35-33+. The minimum atomic E-state index is -1.14. The summed E-state index contributed by atoms with van der Waals surface area (Å²) < 4.78 is 17.0. The second kappa shape index (κ2) is 40.3. The highest BCUT2D eigenvalue weighted by Crippen LogP contribution is 2.11. The van der Waals surface area contributed by atoms with Crippen molar-refractivity contribution in [3.05, 3.63) is 85.1 Å². The van der Waals surface area contributed by atoms with Gasteiger partial charge in [-0.2, -0.15) is 0 Å². The zero-order chi connectivity index (χ0) is 42.8. The second-order valence-electron chi connectivity index (χ2n) is 15.9. The number of unbranched alkanes of at least 4 members (excludes halogenated alkanes) is 11. The van der Waals surface area contributed by atoms with E-state index in [0.717, 1.165) is 44.9 Å². The van der Waals surface area contributed by atoms with E-state index in [-0.39, 0.29) is 55.5 Å². The van der Waals surface area contributed by atoms with Gasteiger partial charge in [0, 0.05) is 19.3 Å². The van der Waals surface area contributed by atoms with E-state index < -0.39 is 18.1 Å². The molecule has 2 unspecified atom stereocenters. The third-order valence-electron chi connectivity index (χ3n) is 9.50. The Morgan fingerprint density at radius 2 is 0.914 bits per heavy atom. The average molecular weight is 810 g/mol. The Hall–Kier alpha value is -3.49. The Morgan fingerprint density at radius 3 is 1.38 bits per heavy atom. The van der Waals surface area contributed by atoms with E-state index in [9.17, 15) is 19.5 Å². The van der Waals surface area contributed by atoms with Gasteiger partial charge >= 0.3 is 11.9 Å². The lowest BCUT2D eigenvalue weighted by atomic mass is 10.1. The molecule has 0 radical (unpaired) electrons. The minimum absolute atomic E-state index is 0.00171. The maximum Gasteiger partial charge on any atom is 0.306 e. The van der Waals surface area contributed by atoms with Crippen LogP contribution in [0.3, 0.4) is 0 Å². The Labute approximate surface area is 354 Å². The minimum Gasteiger partial charge on any atom is -0.544 e. The molecule has 0 aromatic carbocycles. The molecule has 8 nitrogen and oxygen atoms in total. The SMILES string of the molecule is CCCCC/C=C/C/C=C/C/C=C/C/C=C/CCCC(=O)OC(COCCC(C(=O)[O-])[N+](C)(C)C)COC(=O)CCC/C=C/C/C=C/C/C=C/CCCCCCCC. The molecule has 0 aliphatic heterocycles. The number of nitrogens with zero attached hydrogens (tertiary/aromatic N) is 1. The van der Waals surface area contributed by atoms with Gasteiger partial charge in [-0.3, -0.25) is 9.59 Å². The van der Waals surface area contributed by atoms with Gasteiger partial charge in [0.1, 0.15) is 12.6 Å². The monoisotopic (exact) mass is 810 g/mol. The molecule has 0 heterocycles. The van der Waals surface area contributed by atoms with Crippen molar-refractivity contribution in [1.29, 1.82) is 0 Å². The molecular weight excluding hydrogens is 727 g/mol. The van der Waals surface area contributed by atoms with E-state index in [1.165, 1.54) is 70.6 Å². The first kappa shape index (κ1) is 54.5. The van der Waals surface area contributed by atoms with Crippen LogP contribution in [0.4, 0.5) is 0 Å². The first-order valence-electron chi connectivity index (χ1n) is 22.6. The molecular formula is C50H83NO7. The van der Waals surface area contributed by atoms with Gasteiger partial charge in [0.05, 0.1) is 40.3 Å². The maximum absolute atomic E-state index is 12.7. The van der Waals surface area contributed by atoms with Crippen molar-refractivity contribution >= 4 is 17.9 Å². The van der Waals surface area contributed by atoms with Crippen LogP contribution in [-0.2, 0) is 28.6 Å². The van der Waals surface area contributed by atoms with E-state index in [1.807, 2.05) is 0 Å². The van der Waals surface area contributed by atoms with Crippen molar-refractivity contribution in [1.82, 2.24) is 0 Å².